The number of ether oxygens (including phenoxy) is 1. The molecule has 2 saturated heterocycles. The van der Waals surface area contributed by atoms with E-state index in [0.717, 1.165) is 17.0 Å². The summed E-state index contributed by atoms with van der Waals surface area (Å²) < 4.78 is 45.8. The molecule has 2 aliphatic rings. The largest absolute Gasteiger partial charge is 0.492 e. The Bertz CT molecular complexity index is 938. The molecule has 2 aromatic carbocycles. The quantitative estimate of drug-likeness (QED) is 0.718. The number of piperazine rings is 1. The molecule has 1 atom stereocenters. The fourth-order valence-electron chi connectivity index (χ4n) is 3.56. The topological polar surface area (TPSA) is 53.1 Å². The van der Waals surface area contributed by atoms with E-state index < -0.39 is 29.6 Å². The van der Waals surface area contributed by atoms with Crippen molar-refractivity contribution >= 4 is 17.6 Å². The number of imide groups is 1. The molecule has 0 radical (unpaired) electrons. The van der Waals surface area contributed by atoms with Crippen molar-refractivity contribution in [2.45, 2.75) is 6.04 Å². The zero-order valence-corrected chi connectivity index (χ0v) is 15.4. The van der Waals surface area contributed by atoms with Crippen LogP contribution >= 0.6 is 0 Å². The standard InChI is InChI=1S/C20H18F3N3O3/c21-13-1-4-15(5-2-13)29-10-9-24-7-8-25-18(12-24)19(27)26(20(25)28)17-6-3-14(22)11-16(17)23/h1-6,11,18H,7-10,12H2. The van der Waals surface area contributed by atoms with E-state index in [0.29, 0.717) is 38.1 Å². The summed E-state index contributed by atoms with van der Waals surface area (Å²) in [4.78, 5) is 29.5. The van der Waals surface area contributed by atoms with Crippen molar-refractivity contribution in [3.63, 3.8) is 0 Å². The molecule has 152 valence electrons. The average molecular weight is 405 g/mol. The molecule has 2 aliphatic heterocycles. The minimum atomic E-state index is -0.962. The van der Waals surface area contributed by atoms with E-state index in [2.05, 4.69) is 0 Å². The van der Waals surface area contributed by atoms with Crippen molar-refractivity contribution < 1.29 is 27.5 Å². The van der Waals surface area contributed by atoms with Crippen LogP contribution in [0.25, 0.3) is 0 Å². The summed E-state index contributed by atoms with van der Waals surface area (Å²) in [6.45, 7) is 1.97. The van der Waals surface area contributed by atoms with Crippen LogP contribution in [0.4, 0.5) is 23.7 Å². The zero-order chi connectivity index (χ0) is 20.5. The number of halogens is 3. The first-order valence-electron chi connectivity index (χ1n) is 9.14. The van der Waals surface area contributed by atoms with Crippen molar-refractivity contribution in [2.75, 3.05) is 37.7 Å². The summed E-state index contributed by atoms with van der Waals surface area (Å²) in [5, 5.41) is 0. The Labute approximate surface area is 165 Å². The van der Waals surface area contributed by atoms with E-state index in [4.69, 9.17) is 4.74 Å². The van der Waals surface area contributed by atoms with Crippen molar-refractivity contribution in [3.05, 3.63) is 59.9 Å². The third-order valence-electron chi connectivity index (χ3n) is 5.05. The van der Waals surface area contributed by atoms with Gasteiger partial charge in [-0.05, 0) is 36.4 Å². The van der Waals surface area contributed by atoms with Gasteiger partial charge in [-0.2, -0.15) is 0 Å². The van der Waals surface area contributed by atoms with Gasteiger partial charge in [-0.25, -0.2) is 22.9 Å². The minimum absolute atomic E-state index is 0.248. The van der Waals surface area contributed by atoms with E-state index in [1.807, 2.05) is 4.90 Å². The predicted molar refractivity (Wildman–Crippen MR) is 98.1 cm³/mol. The molecular weight excluding hydrogens is 387 g/mol. The van der Waals surface area contributed by atoms with E-state index in [1.54, 1.807) is 0 Å². The van der Waals surface area contributed by atoms with Gasteiger partial charge in [0.05, 0.1) is 5.69 Å². The minimum Gasteiger partial charge on any atom is -0.492 e. The molecule has 6 nitrogen and oxygen atoms in total. The Balaban J connectivity index is 1.39. The number of amides is 3. The number of urea groups is 1. The van der Waals surface area contributed by atoms with Crippen LogP contribution in [-0.4, -0.2) is 60.6 Å². The second kappa shape index (κ2) is 7.75. The van der Waals surface area contributed by atoms with Gasteiger partial charge in [0.1, 0.15) is 35.8 Å². The first-order chi connectivity index (χ1) is 13.9. The summed E-state index contributed by atoms with van der Waals surface area (Å²) in [6.07, 6.45) is 0. The van der Waals surface area contributed by atoms with Crippen molar-refractivity contribution in [1.29, 1.82) is 0 Å². The number of nitrogens with zero attached hydrogens (tertiary/aromatic N) is 3. The molecule has 0 bridgehead atoms. The van der Waals surface area contributed by atoms with Gasteiger partial charge in [0.25, 0.3) is 5.91 Å². The van der Waals surface area contributed by atoms with Crippen LogP contribution in [0.5, 0.6) is 5.75 Å². The summed E-state index contributed by atoms with van der Waals surface area (Å²) in [7, 11) is 0. The summed E-state index contributed by atoms with van der Waals surface area (Å²) in [6, 6.07) is 7.08. The van der Waals surface area contributed by atoms with Gasteiger partial charge in [-0.15, -0.1) is 0 Å². The molecular formula is C20H18F3N3O3. The van der Waals surface area contributed by atoms with Crippen LogP contribution in [0.2, 0.25) is 0 Å². The number of anilines is 1. The Hall–Kier alpha value is -3.07. The second-order valence-corrected chi connectivity index (χ2v) is 6.86. The van der Waals surface area contributed by atoms with Crippen LogP contribution in [0, 0.1) is 17.5 Å². The van der Waals surface area contributed by atoms with Gasteiger partial charge in [-0.1, -0.05) is 0 Å². The molecule has 1 unspecified atom stereocenters. The van der Waals surface area contributed by atoms with Gasteiger partial charge in [0.2, 0.25) is 0 Å². The number of hydrogen-bond acceptors (Lipinski definition) is 4. The molecule has 0 aromatic heterocycles. The van der Waals surface area contributed by atoms with Crippen LogP contribution < -0.4 is 9.64 Å². The number of benzene rings is 2. The SMILES string of the molecule is O=C1C2CN(CCOc3ccc(F)cc3)CCN2C(=O)N1c1ccc(F)cc1F. The lowest BCUT2D eigenvalue weighted by Crippen LogP contribution is -2.53. The smallest absolute Gasteiger partial charge is 0.332 e. The molecule has 0 N–H and O–H groups in total. The first-order valence-corrected chi connectivity index (χ1v) is 9.14. The van der Waals surface area contributed by atoms with Crippen LogP contribution in [0.15, 0.2) is 42.5 Å². The number of carbonyl (C=O) groups excluding carboxylic acids is 2. The second-order valence-electron chi connectivity index (χ2n) is 6.86. The lowest BCUT2D eigenvalue weighted by atomic mass is 10.2. The van der Waals surface area contributed by atoms with E-state index in [9.17, 15) is 22.8 Å². The Kier molecular flexibility index (Phi) is 5.14. The molecule has 2 heterocycles. The third-order valence-corrected chi connectivity index (χ3v) is 5.05. The van der Waals surface area contributed by atoms with Crippen molar-refractivity contribution in [2.24, 2.45) is 0 Å². The maximum Gasteiger partial charge on any atom is 0.332 e. The highest BCUT2D eigenvalue weighted by molar-refractivity contribution is 6.21. The maximum atomic E-state index is 14.1. The monoisotopic (exact) mass is 405 g/mol. The highest BCUT2D eigenvalue weighted by Crippen LogP contribution is 2.29. The van der Waals surface area contributed by atoms with E-state index in [1.165, 1.54) is 29.2 Å². The normalized spacial score (nSPS) is 19.6. The van der Waals surface area contributed by atoms with E-state index >= 15 is 0 Å². The zero-order valence-electron chi connectivity index (χ0n) is 15.4. The fourth-order valence-corrected chi connectivity index (χ4v) is 3.56. The first kappa shape index (κ1) is 19.3. The molecule has 0 saturated carbocycles. The van der Waals surface area contributed by atoms with Crippen molar-refractivity contribution in [3.8, 4) is 5.75 Å². The average Bonchev–Trinajstić information content (AvgIpc) is 2.94. The lowest BCUT2D eigenvalue weighted by Gasteiger charge is -2.35. The number of carbonyl (C=O) groups is 2. The number of fused-ring (bicyclic) bond motifs is 1. The van der Waals surface area contributed by atoms with Gasteiger partial charge >= 0.3 is 6.03 Å². The van der Waals surface area contributed by atoms with Gasteiger partial charge in [0, 0.05) is 32.2 Å². The molecule has 29 heavy (non-hydrogen) atoms. The van der Waals surface area contributed by atoms with E-state index in [-0.39, 0.29) is 18.0 Å². The van der Waals surface area contributed by atoms with Gasteiger partial charge < -0.3 is 9.64 Å². The van der Waals surface area contributed by atoms with Crippen molar-refractivity contribution in [1.82, 2.24) is 9.80 Å². The summed E-state index contributed by atoms with van der Waals surface area (Å²) >= 11 is 0. The van der Waals surface area contributed by atoms with Crippen LogP contribution in [0.1, 0.15) is 0 Å². The number of rotatable bonds is 5. The molecule has 9 heteroatoms. The van der Waals surface area contributed by atoms with Gasteiger partial charge in [0.15, 0.2) is 0 Å². The molecule has 2 aromatic rings. The van der Waals surface area contributed by atoms with Crippen LogP contribution in [0.3, 0.4) is 0 Å². The summed E-state index contributed by atoms with van der Waals surface area (Å²) in [5.74, 6) is -2.09. The highest BCUT2D eigenvalue weighted by atomic mass is 19.1. The molecule has 0 aliphatic carbocycles. The summed E-state index contributed by atoms with van der Waals surface area (Å²) in [5.41, 5.74) is -0.248. The predicted octanol–water partition coefficient (Wildman–Crippen LogP) is 2.64. The Morgan fingerprint density at radius 2 is 1.69 bits per heavy atom. The maximum absolute atomic E-state index is 14.1. The van der Waals surface area contributed by atoms with Gasteiger partial charge in [-0.3, -0.25) is 9.69 Å². The molecule has 2 fully saturated rings. The molecule has 3 amide bonds. The Morgan fingerprint density at radius 1 is 0.966 bits per heavy atom. The van der Waals surface area contributed by atoms with Crippen LogP contribution in [-0.2, 0) is 4.79 Å². The number of hydrogen-bond donors (Lipinski definition) is 0. The molecule has 4 rings (SSSR count). The lowest BCUT2D eigenvalue weighted by molar-refractivity contribution is -0.121. The highest BCUT2D eigenvalue weighted by Gasteiger charge is 2.48. The Morgan fingerprint density at radius 3 is 2.41 bits per heavy atom. The fraction of sp³-hybridized carbons (Fsp3) is 0.300. The third kappa shape index (κ3) is 3.77. The molecule has 0 spiro atoms.